The number of ether oxygens (including phenoxy) is 1. The SMILES string of the molecule is COc1ccc2c(c1)c(=O)c(CC(=O)O)cn2Cc1ccccc1Cl. The van der Waals surface area contributed by atoms with E-state index in [2.05, 4.69) is 0 Å². The summed E-state index contributed by atoms with van der Waals surface area (Å²) in [4.78, 5) is 23.8. The molecule has 0 bridgehead atoms. The lowest BCUT2D eigenvalue weighted by Crippen LogP contribution is -2.18. The second-order valence-corrected chi connectivity index (χ2v) is 6.06. The molecule has 6 heteroatoms. The zero-order valence-electron chi connectivity index (χ0n) is 13.5. The number of fused-ring (bicyclic) bond motifs is 1. The van der Waals surface area contributed by atoms with Gasteiger partial charge < -0.3 is 14.4 Å². The van der Waals surface area contributed by atoms with Gasteiger partial charge in [-0.2, -0.15) is 0 Å². The van der Waals surface area contributed by atoms with Gasteiger partial charge in [0.15, 0.2) is 5.43 Å². The molecule has 128 valence electrons. The van der Waals surface area contributed by atoms with Gasteiger partial charge in [0.2, 0.25) is 0 Å². The zero-order valence-corrected chi connectivity index (χ0v) is 14.3. The molecule has 3 rings (SSSR count). The van der Waals surface area contributed by atoms with Crippen molar-refractivity contribution in [3.05, 3.63) is 75.0 Å². The minimum Gasteiger partial charge on any atom is -0.497 e. The van der Waals surface area contributed by atoms with Crippen molar-refractivity contribution >= 4 is 28.5 Å². The first kappa shape index (κ1) is 17.0. The number of aliphatic carboxylic acids is 1. The number of hydrogen-bond acceptors (Lipinski definition) is 3. The largest absolute Gasteiger partial charge is 0.497 e. The number of nitrogens with zero attached hydrogens (tertiary/aromatic N) is 1. The Labute approximate surface area is 149 Å². The molecule has 0 aliphatic heterocycles. The van der Waals surface area contributed by atoms with Crippen molar-refractivity contribution in [2.45, 2.75) is 13.0 Å². The van der Waals surface area contributed by atoms with E-state index in [1.165, 1.54) is 7.11 Å². The molecule has 0 spiro atoms. The van der Waals surface area contributed by atoms with Crippen LogP contribution in [0.25, 0.3) is 10.9 Å². The van der Waals surface area contributed by atoms with E-state index in [9.17, 15) is 9.59 Å². The average Bonchev–Trinajstić information content (AvgIpc) is 2.60. The third-order valence-electron chi connectivity index (χ3n) is 4.00. The zero-order chi connectivity index (χ0) is 18.0. The summed E-state index contributed by atoms with van der Waals surface area (Å²) < 4.78 is 7.03. The van der Waals surface area contributed by atoms with Gasteiger partial charge in [0, 0.05) is 28.7 Å². The molecule has 0 radical (unpaired) electrons. The van der Waals surface area contributed by atoms with E-state index in [0.29, 0.717) is 28.2 Å². The Morgan fingerprint density at radius 1 is 1.20 bits per heavy atom. The third-order valence-corrected chi connectivity index (χ3v) is 4.37. The topological polar surface area (TPSA) is 68.5 Å². The van der Waals surface area contributed by atoms with Gasteiger partial charge >= 0.3 is 5.97 Å². The van der Waals surface area contributed by atoms with Gasteiger partial charge in [-0.3, -0.25) is 9.59 Å². The predicted octanol–water partition coefficient (Wildman–Crippen LogP) is 3.34. The fraction of sp³-hybridized carbons (Fsp3) is 0.158. The Morgan fingerprint density at radius 3 is 2.64 bits per heavy atom. The Kier molecular flexibility index (Phi) is 4.76. The summed E-state index contributed by atoms with van der Waals surface area (Å²) in [7, 11) is 1.52. The van der Waals surface area contributed by atoms with Crippen molar-refractivity contribution in [2.24, 2.45) is 0 Å². The highest BCUT2D eigenvalue weighted by molar-refractivity contribution is 6.31. The molecular weight excluding hydrogens is 342 g/mol. The molecular formula is C19H16ClNO4. The number of carboxylic acid groups (broad SMARTS) is 1. The summed E-state index contributed by atoms with van der Waals surface area (Å²) in [6.07, 6.45) is 1.25. The molecule has 2 aromatic carbocycles. The molecule has 0 aliphatic carbocycles. The molecule has 1 heterocycles. The number of aromatic nitrogens is 1. The van der Waals surface area contributed by atoms with Crippen LogP contribution in [0, 0.1) is 0 Å². The number of hydrogen-bond donors (Lipinski definition) is 1. The summed E-state index contributed by atoms with van der Waals surface area (Å²) >= 11 is 6.24. The molecule has 3 aromatic rings. The second-order valence-electron chi connectivity index (χ2n) is 5.66. The molecule has 0 atom stereocenters. The molecule has 0 unspecified atom stereocenters. The molecule has 1 N–H and O–H groups in total. The molecule has 25 heavy (non-hydrogen) atoms. The van der Waals surface area contributed by atoms with Crippen molar-refractivity contribution in [1.82, 2.24) is 4.57 Å². The van der Waals surface area contributed by atoms with E-state index < -0.39 is 5.97 Å². The second kappa shape index (κ2) is 6.99. The van der Waals surface area contributed by atoms with Crippen LogP contribution in [0.4, 0.5) is 0 Å². The lowest BCUT2D eigenvalue weighted by Gasteiger charge is -2.15. The van der Waals surface area contributed by atoms with E-state index in [1.807, 2.05) is 22.8 Å². The van der Waals surface area contributed by atoms with E-state index >= 15 is 0 Å². The van der Waals surface area contributed by atoms with Crippen LogP contribution in [0.15, 0.2) is 53.5 Å². The van der Waals surface area contributed by atoms with Crippen molar-refractivity contribution in [3.63, 3.8) is 0 Å². The first-order valence-electron chi connectivity index (χ1n) is 7.65. The number of halogens is 1. The fourth-order valence-electron chi connectivity index (χ4n) is 2.79. The van der Waals surface area contributed by atoms with Crippen LogP contribution in [-0.2, 0) is 17.8 Å². The molecule has 0 saturated carbocycles. The number of pyridine rings is 1. The smallest absolute Gasteiger partial charge is 0.308 e. The predicted molar refractivity (Wildman–Crippen MR) is 96.7 cm³/mol. The molecule has 0 amide bonds. The van der Waals surface area contributed by atoms with Gasteiger partial charge in [0.05, 0.1) is 19.0 Å². The maximum Gasteiger partial charge on any atom is 0.308 e. The Morgan fingerprint density at radius 2 is 1.96 bits per heavy atom. The standard InChI is InChI=1S/C19H16ClNO4/c1-25-14-6-7-17-15(9-14)19(24)13(8-18(22)23)11-21(17)10-12-4-2-3-5-16(12)20/h2-7,9,11H,8,10H2,1H3,(H,22,23). The highest BCUT2D eigenvalue weighted by Crippen LogP contribution is 2.22. The normalized spacial score (nSPS) is 10.8. The van der Waals surface area contributed by atoms with Crippen LogP contribution >= 0.6 is 11.6 Å². The van der Waals surface area contributed by atoms with Gasteiger partial charge in [0.25, 0.3) is 0 Å². The Balaban J connectivity index is 2.22. The van der Waals surface area contributed by atoms with Gasteiger partial charge in [-0.15, -0.1) is 0 Å². The highest BCUT2D eigenvalue weighted by atomic mass is 35.5. The first-order valence-corrected chi connectivity index (χ1v) is 8.02. The molecule has 5 nitrogen and oxygen atoms in total. The van der Waals surface area contributed by atoms with Crippen LogP contribution in [0.5, 0.6) is 5.75 Å². The average molecular weight is 358 g/mol. The van der Waals surface area contributed by atoms with Crippen LogP contribution < -0.4 is 10.2 Å². The lowest BCUT2D eigenvalue weighted by molar-refractivity contribution is -0.136. The lowest BCUT2D eigenvalue weighted by atomic mass is 10.1. The maximum atomic E-state index is 12.6. The third kappa shape index (κ3) is 3.51. The summed E-state index contributed by atoms with van der Waals surface area (Å²) in [5, 5.41) is 10.1. The van der Waals surface area contributed by atoms with Crippen molar-refractivity contribution < 1.29 is 14.6 Å². The van der Waals surface area contributed by atoms with Crippen LogP contribution in [0.2, 0.25) is 5.02 Å². The van der Waals surface area contributed by atoms with Crippen molar-refractivity contribution in [3.8, 4) is 5.75 Å². The minimum absolute atomic E-state index is 0.223. The highest BCUT2D eigenvalue weighted by Gasteiger charge is 2.13. The monoisotopic (exact) mass is 357 g/mol. The van der Waals surface area contributed by atoms with Gasteiger partial charge in [-0.1, -0.05) is 29.8 Å². The number of carboxylic acids is 1. The number of rotatable bonds is 5. The van der Waals surface area contributed by atoms with Crippen LogP contribution in [0.3, 0.4) is 0 Å². The van der Waals surface area contributed by atoms with Gasteiger partial charge in [-0.25, -0.2) is 0 Å². The first-order chi connectivity index (χ1) is 12.0. The summed E-state index contributed by atoms with van der Waals surface area (Å²) in [5.41, 5.74) is 1.50. The molecule has 0 aliphatic rings. The molecule has 1 aromatic heterocycles. The number of carbonyl (C=O) groups is 1. The van der Waals surface area contributed by atoms with E-state index in [1.54, 1.807) is 30.5 Å². The van der Waals surface area contributed by atoms with E-state index in [0.717, 1.165) is 5.56 Å². The Bertz CT molecular complexity index is 1010. The maximum absolute atomic E-state index is 12.6. The fourth-order valence-corrected chi connectivity index (χ4v) is 2.99. The van der Waals surface area contributed by atoms with Gasteiger partial charge in [-0.05, 0) is 29.8 Å². The van der Waals surface area contributed by atoms with Crippen LogP contribution in [-0.4, -0.2) is 22.8 Å². The minimum atomic E-state index is -1.05. The molecule has 0 fully saturated rings. The summed E-state index contributed by atoms with van der Waals surface area (Å²) in [5.74, 6) is -0.509. The quantitative estimate of drug-likeness (QED) is 0.760. The van der Waals surface area contributed by atoms with Crippen molar-refractivity contribution in [1.29, 1.82) is 0 Å². The molecule has 0 saturated heterocycles. The summed E-state index contributed by atoms with van der Waals surface area (Å²) in [6, 6.07) is 12.6. The van der Waals surface area contributed by atoms with E-state index in [-0.39, 0.29) is 17.4 Å². The number of methoxy groups -OCH3 is 1. The van der Waals surface area contributed by atoms with Crippen LogP contribution in [0.1, 0.15) is 11.1 Å². The Hall–Kier alpha value is -2.79. The summed E-state index contributed by atoms with van der Waals surface area (Å²) in [6.45, 7) is 0.426. The van der Waals surface area contributed by atoms with E-state index in [4.69, 9.17) is 21.4 Å². The van der Waals surface area contributed by atoms with Crippen molar-refractivity contribution in [2.75, 3.05) is 7.11 Å². The number of benzene rings is 2. The van der Waals surface area contributed by atoms with Gasteiger partial charge in [0.1, 0.15) is 5.75 Å².